The molecule has 0 aliphatic carbocycles. The molecule has 7 nitrogen and oxygen atoms in total. The molecule has 29 heavy (non-hydrogen) atoms. The largest absolute Gasteiger partial charge is 0.457 e. The lowest BCUT2D eigenvalue weighted by molar-refractivity contribution is -0.143. The minimum atomic E-state index is -0.577. The number of ketones is 1. The van der Waals surface area contributed by atoms with Crippen molar-refractivity contribution in [2.24, 2.45) is 0 Å². The third-order valence-corrected chi connectivity index (χ3v) is 6.09. The zero-order valence-corrected chi connectivity index (χ0v) is 17.5. The number of hydrogen-bond donors (Lipinski definition) is 1. The van der Waals surface area contributed by atoms with Crippen molar-refractivity contribution in [2.45, 2.75) is 37.0 Å². The van der Waals surface area contributed by atoms with Gasteiger partial charge in [-0.1, -0.05) is 12.1 Å². The molecule has 0 fully saturated rings. The van der Waals surface area contributed by atoms with Gasteiger partial charge >= 0.3 is 5.97 Å². The Morgan fingerprint density at radius 3 is 2.76 bits per heavy atom. The van der Waals surface area contributed by atoms with E-state index in [9.17, 15) is 14.4 Å². The van der Waals surface area contributed by atoms with Crippen molar-refractivity contribution < 1.29 is 23.9 Å². The molecule has 154 valence electrons. The molecule has 1 atom stereocenters. The van der Waals surface area contributed by atoms with Gasteiger partial charge in [0.2, 0.25) is 11.7 Å². The number of nitrogens with zero attached hydrogens (tertiary/aromatic N) is 1. The van der Waals surface area contributed by atoms with Crippen LogP contribution in [0.2, 0.25) is 0 Å². The summed E-state index contributed by atoms with van der Waals surface area (Å²) in [7, 11) is 1.63. The number of anilines is 1. The normalized spacial score (nSPS) is 15.6. The molecular weight excluding hydrogens is 392 g/mol. The van der Waals surface area contributed by atoms with Crippen LogP contribution in [0.1, 0.15) is 28.2 Å². The first kappa shape index (κ1) is 21.1. The summed E-state index contributed by atoms with van der Waals surface area (Å²) in [6.45, 7) is 4.63. The van der Waals surface area contributed by atoms with E-state index in [4.69, 9.17) is 9.47 Å². The number of fused-ring (bicyclic) bond motifs is 1. The number of ether oxygens (including phenoxy) is 2. The molecule has 1 aliphatic heterocycles. The van der Waals surface area contributed by atoms with Crippen LogP contribution >= 0.6 is 11.8 Å². The first-order valence-electron chi connectivity index (χ1n) is 9.31. The van der Waals surface area contributed by atoms with Crippen LogP contribution in [0.4, 0.5) is 5.69 Å². The maximum atomic E-state index is 12.5. The average Bonchev–Trinajstić information content (AvgIpc) is 2.98. The molecule has 0 spiro atoms. The Balaban J connectivity index is 1.56. The van der Waals surface area contributed by atoms with Gasteiger partial charge in [0.1, 0.15) is 0 Å². The fraction of sp³-hybridized carbons (Fsp3) is 0.381. The van der Waals surface area contributed by atoms with E-state index in [1.165, 1.54) is 11.8 Å². The summed E-state index contributed by atoms with van der Waals surface area (Å²) < 4.78 is 12.3. The number of nitrogens with one attached hydrogen (secondary N) is 1. The van der Waals surface area contributed by atoms with E-state index in [-0.39, 0.29) is 24.7 Å². The molecule has 0 saturated carbocycles. The number of aryl methyl sites for hydroxylation is 1. The van der Waals surface area contributed by atoms with Gasteiger partial charge in [-0.2, -0.15) is 0 Å². The SMILES string of the molecule is COCCn1c(C)cc(C(=O)COC(=O)C[C@H]2Sc3ccccc3NC2=O)c1C. The minimum absolute atomic E-state index is 0.0923. The smallest absolute Gasteiger partial charge is 0.307 e. The number of para-hydroxylation sites is 1. The maximum Gasteiger partial charge on any atom is 0.307 e. The second-order valence-electron chi connectivity index (χ2n) is 6.81. The molecular formula is C21H24N2O5S. The highest BCUT2D eigenvalue weighted by atomic mass is 32.2. The molecule has 1 amide bonds. The lowest BCUT2D eigenvalue weighted by Gasteiger charge is -2.23. The highest BCUT2D eigenvalue weighted by molar-refractivity contribution is 8.01. The van der Waals surface area contributed by atoms with Gasteiger partial charge in [0, 0.05) is 35.5 Å². The van der Waals surface area contributed by atoms with Crippen LogP contribution in [0, 0.1) is 13.8 Å². The molecule has 1 aromatic heterocycles. The summed E-state index contributed by atoms with van der Waals surface area (Å²) in [6, 6.07) is 9.21. The van der Waals surface area contributed by atoms with Crippen LogP contribution in [0.5, 0.6) is 0 Å². The van der Waals surface area contributed by atoms with Crippen LogP contribution in [-0.2, 0) is 25.6 Å². The van der Waals surface area contributed by atoms with E-state index >= 15 is 0 Å². The standard InChI is InChI=1S/C21H24N2O5S/c1-13-10-15(14(2)23(13)8-9-27-3)17(24)12-28-20(25)11-19-21(26)22-16-6-4-5-7-18(16)29-19/h4-7,10,19H,8-9,11-12H2,1-3H3,(H,22,26)/t19-/m1/s1. The maximum absolute atomic E-state index is 12.5. The van der Waals surface area contributed by atoms with E-state index in [0.29, 0.717) is 18.7 Å². The molecule has 0 unspecified atom stereocenters. The number of hydrogen-bond acceptors (Lipinski definition) is 6. The number of amides is 1. The summed E-state index contributed by atoms with van der Waals surface area (Å²) in [5, 5.41) is 2.21. The van der Waals surface area contributed by atoms with Crippen molar-refractivity contribution in [1.82, 2.24) is 4.57 Å². The fourth-order valence-corrected chi connectivity index (χ4v) is 4.37. The van der Waals surface area contributed by atoms with Crippen LogP contribution < -0.4 is 5.32 Å². The van der Waals surface area contributed by atoms with Crippen molar-refractivity contribution in [3.8, 4) is 0 Å². The van der Waals surface area contributed by atoms with Gasteiger partial charge < -0.3 is 19.4 Å². The van der Waals surface area contributed by atoms with Crippen molar-refractivity contribution in [2.75, 3.05) is 25.6 Å². The van der Waals surface area contributed by atoms with Crippen molar-refractivity contribution in [3.05, 3.63) is 47.3 Å². The van der Waals surface area contributed by atoms with E-state index in [1.54, 1.807) is 13.2 Å². The molecule has 1 N–H and O–H groups in total. The molecule has 0 radical (unpaired) electrons. The van der Waals surface area contributed by atoms with Crippen molar-refractivity contribution in [3.63, 3.8) is 0 Å². The Hall–Kier alpha value is -2.58. The average molecular weight is 416 g/mol. The number of benzene rings is 1. The summed E-state index contributed by atoms with van der Waals surface area (Å²) >= 11 is 1.33. The quantitative estimate of drug-likeness (QED) is 0.526. The number of aromatic nitrogens is 1. The number of esters is 1. The summed E-state index contributed by atoms with van der Waals surface area (Å²) in [5.74, 6) is -1.07. The van der Waals surface area contributed by atoms with Gasteiger partial charge in [-0.25, -0.2) is 0 Å². The third kappa shape index (κ3) is 4.89. The van der Waals surface area contributed by atoms with Gasteiger partial charge in [-0.05, 0) is 32.0 Å². The second-order valence-corrected chi connectivity index (χ2v) is 8.05. The predicted molar refractivity (Wildman–Crippen MR) is 110 cm³/mol. The Kier molecular flexibility index (Phi) is 6.76. The van der Waals surface area contributed by atoms with Crippen molar-refractivity contribution in [1.29, 1.82) is 0 Å². The zero-order chi connectivity index (χ0) is 21.0. The number of carbonyl (C=O) groups excluding carboxylic acids is 3. The highest BCUT2D eigenvalue weighted by Crippen LogP contribution is 2.36. The Morgan fingerprint density at radius 1 is 1.24 bits per heavy atom. The van der Waals surface area contributed by atoms with Gasteiger partial charge in [-0.3, -0.25) is 14.4 Å². The molecule has 8 heteroatoms. The summed E-state index contributed by atoms with van der Waals surface area (Å²) in [5.41, 5.74) is 3.04. The van der Waals surface area contributed by atoms with E-state index in [1.807, 2.05) is 42.7 Å². The van der Waals surface area contributed by atoms with Crippen LogP contribution in [0.15, 0.2) is 35.2 Å². The van der Waals surface area contributed by atoms with Crippen LogP contribution in [-0.4, -0.2) is 47.8 Å². The number of Topliss-reactive ketones (excluding diaryl/α,β-unsaturated/α-hetero) is 1. The zero-order valence-electron chi connectivity index (χ0n) is 16.7. The van der Waals surface area contributed by atoms with Crippen molar-refractivity contribution >= 4 is 35.1 Å². The minimum Gasteiger partial charge on any atom is -0.457 e. The second kappa shape index (κ2) is 9.28. The lowest BCUT2D eigenvalue weighted by Crippen LogP contribution is -2.31. The first-order chi connectivity index (χ1) is 13.9. The number of methoxy groups -OCH3 is 1. The van der Waals surface area contributed by atoms with E-state index in [0.717, 1.165) is 22.0 Å². The van der Waals surface area contributed by atoms with Gasteiger partial charge in [0.15, 0.2) is 6.61 Å². The Bertz CT molecular complexity index is 937. The van der Waals surface area contributed by atoms with Crippen LogP contribution in [0.25, 0.3) is 0 Å². The van der Waals surface area contributed by atoms with Gasteiger partial charge in [0.05, 0.1) is 24.0 Å². The summed E-state index contributed by atoms with van der Waals surface area (Å²) in [6.07, 6.45) is -0.0923. The number of rotatable bonds is 8. The number of thioether (sulfide) groups is 1. The highest BCUT2D eigenvalue weighted by Gasteiger charge is 2.29. The molecule has 1 aromatic carbocycles. The molecule has 2 aromatic rings. The van der Waals surface area contributed by atoms with E-state index < -0.39 is 11.2 Å². The van der Waals surface area contributed by atoms with E-state index in [2.05, 4.69) is 5.32 Å². The lowest BCUT2D eigenvalue weighted by atomic mass is 10.1. The molecule has 2 heterocycles. The first-order valence-corrected chi connectivity index (χ1v) is 10.2. The third-order valence-electron chi connectivity index (χ3n) is 4.82. The molecule has 0 saturated heterocycles. The number of carbonyl (C=O) groups is 3. The molecule has 3 rings (SSSR count). The Morgan fingerprint density at radius 2 is 2.00 bits per heavy atom. The fourth-order valence-electron chi connectivity index (χ4n) is 3.27. The predicted octanol–water partition coefficient (Wildman–Crippen LogP) is 2.98. The Labute approximate surface area is 173 Å². The summed E-state index contributed by atoms with van der Waals surface area (Å²) in [4.78, 5) is 37.8. The molecule has 1 aliphatic rings. The van der Waals surface area contributed by atoms with Crippen LogP contribution in [0.3, 0.4) is 0 Å². The van der Waals surface area contributed by atoms with Gasteiger partial charge in [-0.15, -0.1) is 11.8 Å². The van der Waals surface area contributed by atoms with Gasteiger partial charge in [0.25, 0.3) is 0 Å². The molecule has 0 bridgehead atoms. The monoisotopic (exact) mass is 416 g/mol. The topological polar surface area (TPSA) is 86.6 Å².